The second-order valence-electron chi connectivity index (χ2n) is 3.98. The molecule has 0 saturated carbocycles. The lowest BCUT2D eigenvalue weighted by Gasteiger charge is -2.12. The first-order chi connectivity index (χ1) is 9.11. The molecular formula is C13H14F2N4. The highest BCUT2D eigenvalue weighted by atomic mass is 19.2. The Morgan fingerprint density at radius 3 is 2.53 bits per heavy atom. The number of aromatic nitrogens is 2. The minimum absolute atomic E-state index is 0.433. The van der Waals surface area contributed by atoms with Crippen LogP contribution in [0.1, 0.15) is 12.5 Å². The fraction of sp³-hybridized carbons (Fsp3) is 0.231. The van der Waals surface area contributed by atoms with Gasteiger partial charge in [0.1, 0.15) is 18.0 Å². The molecule has 0 fully saturated rings. The Labute approximate surface area is 109 Å². The van der Waals surface area contributed by atoms with Crippen LogP contribution in [-0.4, -0.2) is 16.5 Å². The van der Waals surface area contributed by atoms with Crippen LogP contribution in [-0.2, 0) is 0 Å². The van der Waals surface area contributed by atoms with Crippen LogP contribution >= 0.6 is 0 Å². The summed E-state index contributed by atoms with van der Waals surface area (Å²) in [4.78, 5) is 8.20. The van der Waals surface area contributed by atoms with Gasteiger partial charge < -0.3 is 10.6 Å². The molecule has 0 amide bonds. The first kappa shape index (κ1) is 13.2. The van der Waals surface area contributed by atoms with Gasteiger partial charge in [0, 0.05) is 23.9 Å². The van der Waals surface area contributed by atoms with Gasteiger partial charge in [0.25, 0.3) is 0 Å². The Hall–Kier alpha value is -2.24. The van der Waals surface area contributed by atoms with E-state index >= 15 is 0 Å². The van der Waals surface area contributed by atoms with Crippen molar-refractivity contribution in [3.05, 3.63) is 41.7 Å². The molecular weight excluding hydrogens is 250 g/mol. The molecule has 0 aliphatic carbocycles. The quantitative estimate of drug-likeness (QED) is 0.890. The van der Waals surface area contributed by atoms with Crippen molar-refractivity contribution in [2.45, 2.75) is 13.8 Å². The Kier molecular flexibility index (Phi) is 3.89. The van der Waals surface area contributed by atoms with Crippen molar-refractivity contribution >= 4 is 17.3 Å². The standard InChI is InChI=1S/C13H14F2N4/c1-3-16-12-8(2)13(18-7-17-12)19-9-4-5-10(14)11(15)6-9/h4-7H,3H2,1-2H3,(H2,16,17,18,19). The summed E-state index contributed by atoms with van der Waals surface area (Å²) in [6.07, 6.45) is 1.41. The molecule has 1 heterocycles. The zero-order valence-corrected chi connectivity index (χ0v) is 10.7. The lowest BCUT2D eigenvalue weighted by atomic mass is 10.2. The summed E-state index contributed by atoms with van der Waals surface area (Å²) in [5, 5.41) is 6.04. The minimum atomic E-state index is -0.899. The predicted octanol–water partition coefficient (Wildman–Crippen LogP) is 3.24. The van der Waals surface area contributed by atoms with E-state index in [0.29, 0.717) is 17.3 Å². The second kappa shape index (κ2) is 5.60. The van der Waals surface area contributed by atoms with Crippen LogP contribution in [0, 0.1) is 18.6 Å². The number of nitrogens with zero attached hydrogens (tertiary/aromatic N) is 2. The summed E-state index contributed by atoms with van der Waals surface area (Å²) in [6.45, 7) is 4.55. The maximum Gasteiger partial charge on any atom is 0.160 e. The molecule has 6 heteroatoms. The summed E-state index contributed by atoms with van der Waals surface area (Å²) >= 11 is 0. The third kappa shape index (κ3) is 2.96. The van der Waals surface area contributed by atoms with E-state index in [9.17, 15) is 8.78 Å². The average Bonchev–Trinajstić information content (AvgIpc) is 2.39. The van der Waals surface area contributed by atoms with E-state index in [1.54, 1.807) is 0 Å². The smallest absolute Gasteiger partial charge is 0.160 e. The fourth-order valence-corrected chi connectivity index (χ4v) is 1.63. The third-order valence-electron chi connectivity index (χ3n) is 2.61. The highest BCUT2D eigenvalue weighted by Gasteiger charge is 2.08. The molecule has 4 nitrogen and oxygen atoms in total. The molecule has 0 aliphatic rings. The molecule has 2 aromatic rings. The molecule has 0 spiro atoms. The molecule has 1 aromatic carbocycles. The highest BCUT2D eigenvalue weighted by molar-refractivity contribution is 5.64. The Bertz CT molecular complexity index is 587. The van der Waals surface area contributed by atoms with Gasteiger partial charge in [0.15, 0.2) is 11.6 Å². The molecule has 0 radical (unpaired) electrons. The Balaban J connectivity index is 2.27. The van der Waals surface area contributed by atoms with Crippen LogP contribution in [0.4, 0.5) is 26.1 Å². The van der Waals surface area contributed by atoms with Gasteiger partial charge in [-0.1, -0.05) is 0 Å². The van der Waals surface area contributed by atoms with Crippen molar-refractivity contribution in [2.75, 3.05) is 17.2 Å². The van der Waals surface area contributed by atoms with Crippen LogP contribution in [0.15, 0.2) is 24.5 Å². The van der Waals surface area contributed by atoms with Gasteiger partial charge in [-0.25, -0.2) is 18.7 Å². The number of halogens is 2. The van der Waals surface area contributed by atoms with Crippen molar-refractivity contribution in [1.29, 1.82) is 0 Å². The van der Waals surface area contributed by atoms with Gasteiger partial charge in [-0.15, -0.1) is 0 Å². The minimum Gasteiger partial charge on any atom is -0.370 e. The summed E-state index contributed by atoms with van der Waals surface area (Å²) in [5.41, 5.74) is 1.25. The van der Waals surface area contributed by atoms with Gasteiger partial charge in [0.2, 0.25) is 0 Å². The molecule has 0 aliphatic heterocycles. The van der Waals surface area contributed by atoms with Crippen molar-refractivity contribution in [2.24, 2.45) is 0 Å². The van der Waals surface area contributed by atoms with Gasteiger partial charge in [0.05, 0.1) is 0 Å². The van der Waals surface area contributed by atoms with Gasteiger partial charge in [-0.05, 0) is 26.0 Å². The van der Waals surface area contributed by atoms with Gasteiger partial charge in [-0.3, -0.25) is 0 Å². The summed E-state index contributed by atoms with van der Waals surface area (Å²) in [6, 6.07) is 3.61. The molecule has 0 atom stereocenters. The normalized spacial score (nSPS) is 10.3. The number of anilines is 3. The monoisotopic (exact) mass is 264 g/mol. The van der Waals surface area contributed by atoms with E-state index in [-0.39, 0.29) is 0 Å². The topological polar surface area (TPSA) is 49.8 Å². The van der Waals surface area contributed by atoms with Crippen LogP contribution in [0.25, 0.3) is 0 Å². The lowest BCUT2D eigenvalue weighted by Crippen LogP contribution is -2.05. The summed E-state index contributed by atoms with van der Waals surface area (Å²) in [7, 11) is 0. The van der Waals surface area contributed by atoms with E-state index in [0.717, 1.165) is 24.2 Å². The predicted molar refractivity (Wildman–Crippen MR) is 70.6 cm³/mol. The number of hydrogen-bond donors (Lipinski definition) is 2. The van der Waals surface area contributed by atoms with E-state index in [1.807, 2.05) is 13.8 Å². The second-order valence-corrected chi connectivity index (χ2v) is 3.98. The van der Waals surface area contributed by atoms with Crippen LogP contribution < -0.4 is 10.6 Å². The Morgan fingerprint density at radius 1 is 1.11 bits per heavy atom. The van der Waals surface area contributed by atoms with Crippen molar-refractivity contribution < 1.29 is 8.78 Å². The van der Waals surface area contributed by atoms with Crippen LogP contribution in [0.2, 0.25) is 0 Å². The number of nitrogens with one attached hydrogen (secondary N) is 2. The largest absolute Gasteiger partial charge is 0.370 e. The van der Waals surface area contributed by atoms with Gasteiger partial charge in [-0.2, -0.15) is 0 Å². The number of benzene rings is 1. The molecule has 2 rings (SSSR count). The maximum absolute atomic E-state index is 13.1. The molecule has 0 saturated heterocycles. The molecule has 0 bridgehead atoms. The van der Waals surface area contributed by atoms with Crippen LogP contribution in [0.5, 0.6) is 0 Å². The molecule has 100 valence electrons. The molecule has 2 N–H and O–H groups in total. The molecule has 1 aromatic heterocycles. The summed E-state index contributed by atoms with van der Waals surface area (Å²) < 4.78 is 26.0. The first-order valence-electron chi connectivity index (χ1n) is 5.89. The zero-order valence-electron chi connectivity index (χ0n) is 10.7. The summed E-state index contributed by atoms with van der Waals surface area (Å²) in [5.74, 6) is -0.513. The molecule has 19 heavy (non-hydrogen) atoms. The third-order valence-corrected chi connectivity index (χ3v) is 2.61. The van der Waals surface area contributed by atoms with E-state index in [4.69, 9.17) is 0 Å². The molecule has 0 unspecified atom stereocenters. The first-order valence-corrected chi connectivity index (χ1v) is 5.89. The van der Waals surface area contributed by atoms with Crippen molar-refractivity contribution in [3.63, 3.8) is 0 Å². The number of hydrogen-bond acceptors (Lipinski definition) is 4. The lowest BCUT2D eigenvalue weighted by molar-refractivity contribution is 0.509. The Morgan fingerprint density at radius 2 is 1.84 bits per heavy atom. The highest BCUT2D eigenvalue weighted by Crippen LogP contribution is 2.23. The fourth-order valence-electron chi connectivity index (χ4n) is 1.63. The van der Waals surface area contributed by atoms with E-state index in [2.05, 4.69) is 20.6 Å². The van der Waals surface area contributed by atoms with Crippen molar-refractivity contribution in [1.82, 2.24) is 9.97 Å². The average molecular weight is 264 g/mol. The number of rotatable bonds is 4. The van der Waals surface area contributed by atoms with Gasteiger partial charge >= 0.3 is 0 Å². The van der Waals surface area contributed by atoms with E-state index in [1.165, 1.54) is 12.4 Å². The van der Waals surface area contributed by atoms with Crippen molar-refractivity contribution in [3.8, 4) is 0 Å². The maximum atomic E-state index is 13.1. The van der Waals surface area contributed by atoms with E-state index < -0.39 is 11.6 Å². The SMILES string of the molecule is CCNc1ncnc(Nc2ccc(F)c(F)c2)c1C. The van der Waals surface area contributed by atoms with Crippen LogP contribution in [0.3, 0.4) is 0 Å². The zero-order chi connectivity index (χ0) is 13.8.